The second-order valence-electron chi connectivity index (χ2n) is 11.1. The molecule has 1 saturated carbocycles. The Morgan fingerprint density at radius 1 is 1.18 bits per heavy atom. The largest absolute Gasteiger partial charge is 0.488 e. The Kier molecular flexibility index (Phi) is 10.6. The molecule has 212 valence electrons. The maximum Gasteiger partial charge on any atom is 0.319 e. The van der Waals surface area contributed by atoms with E-state index in [2.05, 4.69) is 16.0 Å². The summed E-state index contributed by atoms with van der Waals surface area (Å²) in [6.45, 7) is 8.15. The number of carbonyl (C=O) groups excluding carboxylic acids is 3. The van der Waals surface area contributed by atoms with Crippen molar-refractivity contribution >= 4 is 23.7 Å². The molecule has 0 aromatic heterocycles. The first-order chi connectivity index (χ1) is 18.1. The molecule has 10 heteroatoms. The predicted molar refractivity (Wildman–Crippen MR) is 147 cm³/mol. The van der Waals surface area contributed by atoms with Gasteiger partial charge in [-0.05, 0) is 51.8 Å². The van der Waals surface area contributed by atoms with Crippen LogP contribution in [0.15, 0.2) is 18.2 Å². The highest BCUT2D eigenvalue weighted by atomic mass is 16.5. The van der Waals surface area contributed by atoms with Crippen LogP contribution in [0.5, 0.6) is 5.75 Å². The van der Waals surface area contributed by atoms with Crippen molar-refractivity contribution in [2.24, 2.45) is 5.92 Å². The van der Waals surface area contributed by atoms with E-state index in [0.29, 0.717) is 30.1 Å². The first-order valence-electron chi connectivity index (χ1n) is 13.9. The molecule has 0 radical (unpaired) electrons. The van der Waals surface area contributed by atoms with E-state index in [9.17, 15) is 19.5 Å². The zero-order valence-electron chi connectivity index (χ0n) is 23.5. The van der Waals surface area contributed by atoms with Gasteiger partial charge >= 0.3 is 12.1 Å². The van der Waals surface area contributed by atoms with Crippen LogP contribution in [0.3, 0.4) is 0 Å². The molecule has 4 N–H and O–H groups in total. The predicted octanol–water partition coefficient (Wildman–Crippen LogP) is 3.34. The van der Waals surface area contributed by atoms with E-state index in [1.165, 1.54) is 6.42 Å². The van der Waals surface area contributed by atoms with Gasteiger partial charge in [0.1, 0.15) is 11.9 Å². The number of carbonyl (C=O) groups is 3. The summed E-state index contributed by atoms with van der Waals surface area (Å²) in [5.41, 5.74) is 1.22. The third-order valence-corrected chi connectivity index (χ3v) is 7.33. The van der Waals surface area contributed by atoms with Gasteiger partial charge in [0.05, 0.1) is 25.6 Å². The fourth-order valence-corrected chi connectivity index (χ4v) is 5.03. The molecule has 3 atom stereocenters. The van der Waals surface area contributed by atoms with E-state index in [4.69, 9.17) is 4.74 Å². The normalized spacial score (nSPS) is 21.3. The van der Waals surface area contributed by atoms with Crippen molar-refractivity contribution in [1.29, 1.82) is 0 Å². The fraction of sp³-hybridized carbons (Fsp3) is 0.679. The van der Waals surface area contributed by atoms with E-state index < -0.39 is 6.10 Å². The number of amides is 5. The lowest BCUT2D eigenvalue weighted by Gasteiger charge is -2.34. The van der Waals surface area contributed by atoms with Gasteiger partial charge in [-0.15, -0.1) is 0 Å². The summed E-state index contributed by atoms with van der Waals surface area (Å²) in [5.74, 6) is 0.301. The number of ether oxygens (including phenoxy) is 1. The Morgan fingerprint density at radius 2 is 1.89 bits per heavy atom. The van der Waals surface area contributed by atoms with Crippen LogP contribution in [0.4, 0.5) is 15.3 Å². The van der Waals surface area contributed by atoms with Gasteiger partial charge in [0.2, 0.25) is 5.91 Å². The Balaban J connectivity index is 1.83. The number of rotatable bonds is 7. The first kappa shape index (κ1) is 29.5. The summed E-state index contributed by atoms with van der Waals surface area (Å²) in [6, 6.07) is 4.69. The molecule has 5 amide bonds. The fourth-order valence-electron chi connectivity index (χ4n) is 5.03. The molecule has 1 fully saturated rings. The number of urea groups is 2. The van der Waals surface area contributed by atoms with Crippen LogP contribution in [-0.2, 0) is 11.2 Å². The molecule has 10 nitrogen and oxygen atoms in total. The summed E-state index contributed by atoms with van der Waals surface area (Å²) in [7, 11) is 1.72. The van der Waals surface area contributed by atoms with Crippen LogP contribution in [-0.4, -0.2) is 83.8 Å². The molecule has 1 aliphatic carbocycles. The van der Waals surface area contributed by atoms with Crippen molar-refractivity contribution in [2.75, 3.05) is 32.1 Å². The van der Waals surface area contributed by atoms with Crippen molar-refractivity contribution in [1.82, 2.24) is 20.4 Å². The van der Waals surface area contributed by atoms with Gasteiger partial charge in [0.25, 0.3) is 0 Å². The van der Waals surface area contributed by atoms with Crippen LogP contribution in [0.1, 0.15) is 65.4 Å². The molecule has 0 spiro atoms. The summed E-state index contributed by atoms with van der Waals surface area (Å²) in [4.78, 5) is 41.8. The molecule has 0 bridgehead atoms. The first-order valence-corrected chi connectivity index (χ1v) is 13.9. The Hall–Kier alpha value is -3.01. The van der Waals surface area contributed by atoms with Crippen LogP contribution < -0.4 is 20.7 Å². The molecule has 3 rings (SSSR count). The topological polar surface area (TPSA) is 123 Å². The molecular weight excluding hydrogens is 486 g/mol. The number of aliphatic hydroxyl groups is 1. The third kappa shape index (κ3) is 8.24. The lowest BCUT2D eigenvalue weighted by Crippen LogP contribution is -2.49. The van der Waals surface area contributed by atoms with Crippen LogP contribution in [0.2, 0.25) is 0 Å². The van der Waals surface area contributed by atoms with E-state index in [0.717, 1.165) is 25.7 Å². The second kappa shape index (κ2) is 13.7. The third-order valence-electron chi connectivity index (χ3n) is 7.33. The molecule has 2 aliphatic rings. The molecule has 1 aromatic carbocycles. The highest BCUT2D eigenvalue weighted by molar-refractivity contribution is 5.90. The number of nitrogens with one attached hydrogen (secondary N) is 3. The number of hydrogen-bond acceptors (Lipinski definition) is 5. The number of anilines is 1. The number of benzene rings is 1. The standard InChI is InChI=1S/C28H45N5O5/c1-18(2)29-28(37)32(5)16-25-19(3)15-33(20(4)17-34)26(35)14-21-13-23(11-12-24(21)38-25)31-27(36)30-22-9-7-6-8-10-22/h11-13,18-20,22,25,34H,6-10,14-17H2,1-5H3,(H,29,37)(H2,30,31,36)/t19-,20-,25-/m1/s1. The molecule has 0 unspecified atom stereocenters. The number of aliphatic hydroxyl groups excluding tert-OH is 1. The monoisotopic (exact) mass is 531 g/mol. The lowest BCUT2D eigenvalue weighted by atomic mass is 9.96. The maximum absolute atomic E-state index is 13.4. The minimum atomic E-state index is -0.399. The number of hydrogen-bond donors (Lipinski definition) is 4. The zero-order chi connectivity index (χ0) is 27.8. The summed E-state index contributed by atoms with van der Waals surface area (Å²) in [5, 5.41) is 18.7. The summed E-state index contributed by atoms with van der Waals surface area (Å²) in [6.07, 6.45) is 5.11. The summed E-state index contributed by atoms with van der Waals surface area (Å²) < 4.78 is 6.46. The van der Waals surface area contributed by atoms with Crippen molar-refractivity contribution < 1.29 is 24.2 Å². The molecule has 38 heavy (non-hydrogen) atoms. The lowest BCUT2D eigenvalue weighted by molar-refractivity contribution is -0.134. The zero-order valence-corrected chi connectivity index (χ0v) is 23.5. The average molecular weight is 532 g/mol. The van der Waals surface area contributed by atoms with E-state index in [-0.39, 0.29) is 55.0 Å². The Bertz CT molecular complexity index is 965. The van der Waals surface area contributed by atoms with Crippen molar-refractivity contribution in [3.05, 3.63) is 23.8 Å². The second-order valence-corrected chi connectivity index (χ2v) is 11.1. The van der Waals surface area contributed by atoms with E-state index in [1.807, 2.05) is 27.7 Å². The number of likely N-dealkylation sites (N-methyl/N-ethyl adjacent to an activating group) is 1. The van der Waals surface area contributed by atoms with Crippen molar-refractivity contribution in [2.45, 2.75) is 90.4 Å². The van der Waals surface area contributed by atoms with E-state index in [1.54, 1.807) is 35.0 Å². The Morgan fingerprint density at radius 3 is 2.55 bits per heavy atom. The smallest absolute Gasteiger partial charge is 0.319 e. The summed E-state index contributed by atoms with van der Waals surface area (Å²) >= 11 is 0. The SMILES string of the molecule is CC(C)NC(=O)N(C)C[C@H]1Oc2ccc(NC(=O)NC3CCCCC3)cc2CC(=O)N([C@H](C)CO)C[C@H]1C. The van der Waals surface area contributed by atoms with Crippen molar-refractivity contribution in [3.63, 3.8) is 0 Å². The molecular formula is C28H45N5O5. The van der Waals surface area contributed by atoms with Gasteiger partial charge in [0, 0.05) is 42.8 Å². The van der Waals surface area contributed by atoms with Gasteiger partial charge in [-0.1, -0.05) is 26.2 Å². The van der Waals surface area contributed by atoms with Crippen molar-refractivity contribution in [3.8, 4) is 5.75 Å². The minimum absolute atomic E-state index is 0.00398. The van der Waals surface area contributed by atoms with Gasteiger partial charge < -0.3 is 35.6 Å². The maximum atomic E-state index is 13.4. The van der Waals surface area contributed by atoms with Gasteiger partial charge in [0.15, 0.2) is 0 Å². The van der Waals surface area contributed by atoms with Gasteiger partial charge in [-0.25, -0.2) is 9.59 Å². The van der Waals surface area contributed by atoms with Gasteiger partial charge in [-0.2, -0.15) is 0 Å². The average Bonchev–Trinajstić information content (AvgIpc) is 2.91. The van der Waals surface area contributed by atoms with Crippen LogP contribution in [0, 0.1) is 5.92 Å². The number of nitrogens with zero attached hydrogens (tertiary/aromatic N) is 2. The van der Waals surface area contributed by atoms with E-state index >= 15 is 0 Å². The minimum Gasteiger partial charge on any atom is -0.488 e. The molecule has 1 aliphatic heterocycles. The molecule has 0 saturated heterocycles. The quantitative estimate of drug-likeness (QED) is 0.430. The highest BCUT2D eigenvalue weighted by Gasteiger charge is 2.32. The Labute approximate surface area is 226 Å². The van der Waals surface area contributed by atoms with Crippen LogP contribution in [0.25, 0.3) is 0 Å². The number of fused-ring (bicyclic) bond motifs is 1. The van der Waals surface area contributed by atoms with Gasteiger partial charge in [-0.3, -0.25) is 4.79 Å². The van der Waals surface area contributed by atoms with Crippen LogP contribution >= 0.6 is 0 Å². The molecule has 1 aromatic rings. The molecule has 1 heterocycles. The highest BCUT2D eigenvalue weighted by Crippen LogP contribution is 2.29.